The summed E-state index contributed by atoms with van der Waals surface area (Å²) in [5.41, 5.74) is 0.968. The van der Waals surface area contributed by atoms with E-state index in [1.807, 2.05) is 12.1 Å². The first-order valence-corrected chi connectivity index (χ1v) is 9.07. The number of para-hydroxylation sites is 1. The molecule has 6 heteroatoms. The number of hydrogen-bond acceptors (Lipinski definition) is 4. The molecule has 2 rings (SSSR count). The summed E-state index contributed by atoms with van der Waals surface area (Å²) in [4.78, 5) is 0. The Morgan fingerprint density at radius 3 is 2.90 bits per heavy atom. The van der Waals surface area contributed by atoms with E-state index in [0.29, 0.717) is 23.7 Å². The first-order valence-electron chi connectivity index (χ1n) is 6.87. The van der Waals surface area contributed by atoms with Crippen LogP contribution < -0.4 is 10.1 Å². The molecular formula is C14H20ClNO3S. The van der Waals surface area contributed by atoms with Gasteiger partial charge in [-0.2, -0.15) is 0 Å². The van der Waals surface area contributed by atoms with Crippen LogP contribution in [0.15, 0.2) is 18.2 Å². The van der Waals surface area contributed by atoms with Crippen LogP contribution in [0.25, 0.3) is 0 Å². The second kappa shape index (κ2) is 6.78. The van der Waals surface area contributed by atoms with Crippen LogP contribution in [0.5, 0.6) is 5.75 Å². The monoisotopic (exact) mass is 317 g/mol. The number of rotatable bonds is 6. The maximum Gasteiger partial charge on any atom is 0.154 e. The van der Waals surface area contributed by atoms with Gasteiger partial charge in [0.15, 0.2) is 9.84 Å². The quantitative estimate of drug-likeness (QED) is 0.819. The van der Waals surface area contributed by atoms with Crippen LogP contribution in [-0.2, 0) is 16.4 Å². The van der Waals surface area contributed by atoms with Gasteiger partial charge in [-0.25, -0.2) is 8.42 Å². The van der Waals surface area contributed by atoms with Gasteiger partial charge in [-0.1, -0.05) is 30.7 Å². The Balaban J connectivity index is 2.09. The largest absolute Gasteiger partial charge is 0.487 e. The third kappa shape index (κ3) is 4.11. The first-order chi connectivity index (χ1) is 9.52. The molecule has 0 aromatic heterocycles. The van der Waals surface area contributed by atoms with Gasteiger partial charge < -0.3 is 10.1 Å². The van der Waals surface area contributed by atoms with Gasteiger partial charge in [-0.15, -0.1) is 0 Å². The molecule has 4 nitrogen and oxygen atoms in total. The minimum atomic E-state index is -2.95. The zero-order valence-electron chi connectivity index (χ0n) is 11.6. The second-order valence-electron chi connectivity index (χ2n) is 5.05. The molecule has 20 heavy (non-hydrogen) atoms. The van der Waals surface area contributed by atoms with Crippen molar-refractivity contribution in [3.63, 3.8) is 0 Å². The van der Waals surface area contributed by atoms with E-state index >= 15 is 0 Å². The Kier molecular flexibility index (Phi) is 5.29. The lowest BCUT2D eigenvalue weighted by Gasteiger charge is -2.17. The normalized spacial score (nSPS) is 21.0. The van der Waals surface area contributed by atoms with Gasteiger partial charge in [-0.3, -0.25) is 0 Å². The van der Waals surface area contributed by atoms with E-state index in [-0.39, 0.29) is 17.6 Å². The molecule has 0 radical (unpaired) electrons. The number of benzene rings is 1. The van der Waals surface area contributed by atoms with E-state index in [1.165, 1.54) is 0 Å². The number of nitrogens with one attached hydrogen (secondary N) is 1. The molecule has 1 N–H and O–H groups in total. The Hall–Kier alpha value is -0.780. The smallest absolute Gasteiger partial charge is 0.154 e. The van der Waals surface area contributed by atoms with Crippen molar-refractivity contribution in [3.05, 3.63) is 28.8 Å². The highest BCUT2D eigenvalue weighted by molar-refractivity contribution is 7.91. The topological polar surface area (TPSA) is 55.4 Å². The lowest BCUT2D eigenvalue weighted by Crippen LogP contribution is -2.20. The highest BCUT2D eigenvalue weighted by Crippen LogP contribution is 2.31. The minimum Gasteiger partial charge on any atom is -0.487 e. The van der Waals surface area contributed by atoms with E-state index < -0.39 is 9.84 Å². The Morgan fingerprint density at radius 1 is 1.45 bits per heavy atom. The van der Waals surface area contributed by atoms with Crippen molar-refractivity contribution >= 4 is 21.4 Å². The van der Waals surface area contributed by atoms with Gasteiger partial charge in [0, 0.05) is 12.1 Å². The van der Waals surface area contributed by atoms with Crippen molar-refractivity contribution in [2.45, 2.75) is 32.4 Å². The molecule has 0 saturated carbocycles. The third-order valence-electron chi connectivity index (χ3n) is 3.27. The van der Waals surface area contributed by atoms with Crippen LogP contribution in [0.1, 0.15) is 25.3 Å². The standard InChI is InChI=1S/C14H20ClNO3S/c1-2-7-16-9-11-4-3-5-13(15)14(11)19-12-6-8-20(17,18)10-12/h3-5,12,16H,2,6-10H2,1H3. The lowest BCUT2D eigenvalue weighted by atomic mass is 10.2. The maximum absolute atomic E-state index is 11.5. The molecule has 1 aromatic carbocycles. The average Bonchev–Trinajstić information content (AvgIpc) is 2.73. The zero-order chi connectivity index (χ0) is 14.6. The molecule has 0 bridgehead atoms. The van der Waals surface area contributed by atoms with Crippen LogP contribution in [0.2, 0.25) is 5.02 Å². The summed E-state index contributed by atoms with van der Waals surface area (Å²) >= 11 is 6.19. The van der Waals surface area contributed by atoms with E-state index in [9.17, 15) is 8.42 Å². The predicted molar refractivity (Wildman–Crippen MR) is 81.1 cm³/mol. The van der Waals surface area contributed by atoms with Crippen molar-refractivity contribution in [1.29, 1.82) is 0 Å². The molecule has 0 spiro atoms. The van der Waals surface area contributed by atoms with E-state index in [4.69, 9.17) is 16.3 Å². The van der Waals surface area contributed by atoms with Gasteiger partial charge in [0.25, 0.3) is 0 Å². The molecule has 1 aromatic rings. The van der Waals surface area contributed by atoms with Crippen molar-refractivity contribution in [2.24, 2.45) is 0 Å². The van der Waals surface area contributed by atoms with Gasteiger partial charge in [0.05, 0.1) is 16.5 Å². The molecule has 1 fully saturated rings. The van der Waals surface area contributed by atoms with Crippen LogP contribution in [-0.4, -0.2) is 32.6 Å². The number of hydrogen-bond donors (Lipinski definition) is 1. The van der Waals surface area contributed by atoms with Crippen LogP contribution in [0.3, 0.4) is 0 Å². The van der Waals surface area contributed by atoms with Crippen LogP contribution >= 0.6 is 11.6 Å². The van der Waals surface area contributed by atoms with Gasteiger partial charge in [0.2, 0.25) is 0 Å². The molecule has 1 heterocycles. The minimum absolute atomic E-state index is 0.0834. The molecule has 1 saturated heterocycles. The Bertz CT molecular complexity index is 560. The van der Waals surface area contributed by atoms with Crippen LogP contribution in [0, 0.1) is 0 Å². The summed E-state index contributed by atoms with van der Waals surface area (Å²) < 4.78 is 28.8. The molecule has 0 amide bonds. The summed E-state index contributed by atoms with van der Waals surface area (Å²) in [5, 5.41) is 3.84. The number of sulfone groups is 1. The fourth-order valence-corrected chi connectivity index (χ4v) is 4.07. The molecule has 1 atom stereocenters. The Morgan fingerprint density at radius 2 is 2.25 bits per heavy atom. The lowest BCUT2D eigenvalue weighted by molar-refractivity contribution is 0.226. The maximum atomic E-state index is 11.5. The SMILES string of the molecule is CCCNCc1cccc(Cl)c1OC1CCS(=O)(=O)C1. The van der Waals surface area contributed by atoms with E-state index in [1.54, 1.807) is 6.07 Å². The summed E-state index contributed by atoms with van der Waals surface area (Å²) in [7, 11) is -2.95. The van der Waals surface area contributed by atoms with Gasteiger partial charge >= 0.3 is 0 Å². The summed E-state index contributed by atoms with van der Waals surface area (Å²) in [6, 6.07) is 5.60. The molecule has 1 unspecified atom stereocenters. The molecule has 112 valence electrons. The summed E-state index contributed by atoms with van der Waals surface area (Å²) in [6.45, 7) is 3.69. The summed E-state index contributed by atoms with van der Waals surface area (Å²) in [6.07, 6.45) is 1.30. The zero-order valence-corrected chi connectivity index (χ0v) is 13.1. The van der Waals surface area contributed by atoms with Crippen LogP contribution in [0.4, 0.5) is 0 Å². The van der Waals surface area contributed by atoms with E-state index in [0.717, 1.165) is 18.5 Å². The molecule has 1 aliphatic rings. The van der Waals surface area contributed by atoms with Crippen molar-refractivity contribution in [2.75, 3.05) is 18.1 Å². The number of ether oxygens (including phenoxy) is 1. The molecule has 1 aliphatic heterocycles. The number of halogens is 1. The van der Waals surface area contributed by atoms with Crippen molar-refractivity contribution < 1.29 is 13.2 Å². The Labute approximate surface area is 125 Å². The fourth-order valence-electron chi connectivity index (χ4n) is 2.25. The average molecular weight is 318 g/mol. The first kappa shape index (κ1) is 15.6. The van der Waals surface area contributed by atoms with Gasteiger partial charge in [-0.05, 0) is 25.5 Å². The molecule has 0 aliphatic carbocycles. The molecular weight excluding hydrogens is 298 g/mol. The predicted octanol–water partition coefficient (Wildman–Crippen LogP) is 2.41. The van der Waals surface area contributed by atoms with Crippen molar-refractivity contribution in [3.8, 4) is 5.75 Å². The second-order valence-corrected chi connectivity index (χ2v) is 7.68. The fraction of sp³-hybridized carbons (Fsp3) is 0.571. The van der Waals surface area contributed by atoms with Crippen molar-refractivity contribution in [1.82, 2.24) is 5.32 Å². The highest BCUT2D eigenvalue weighted by atomic mass is 35.5. The third-order valence-corrected chi connectivity index (χ3v) is 5.30. The highest BCUT2D eigenvalue weighted by Gasteiger charge is 2.30. The van der Waals surface area contributed by atoms with E-state index in [2.05, 4.69) is 12.2 Å². The summed E-state index contributed by atoms with van der Waals surface area (Å²) in [5.74, 6) is 0.894. The van der Waals surface area contributed by atoms with Gasteiger partial charge in [0.1, 0.15) is 11.9 Å².